The molecular weight excluding hydrogens is 532 g/mol. The number of alkyl halides is 1. The Balaban J connectivity index is 1.46. The first-order valence-corrected chi connectivity index (χ1v) is 13.6. The highest BCUT2D eigenvalue weighted by Gasteiger charge is 2.36. The number of fused-ring (bicyclic) bond motifs is 4. The van der Waals surface area contributed by atoms with Crippen LogP contribution in [-0.2, 0) is 0 Å². The first kappa shape index (κ1) is 27.8. The van der Waals surface area contributed by atoms with Crippen molar-refractivity contribution in [2.45, 2.75) is 5.38 Å². The zero-order valence-electron chi connectivity index (χ0n) is 23.1. The number of halogens is 1. The van der Waals surface area contributed by atoms with Crippen LogP contribution in [0.25, 0.3) is 21.7 Å². The number of nitrogens with one attached hydrogen (secondary N) is 1. The quantitative estimate of drug-likeness (QED) is 0.282. The van der Waals surface area contributed by atoms with Gasteiger partial charge in [-0.1, -0.05) is 24.3 Å². The number of likely N-dealkylation sites (N-methyl/N-ethyl adjacent to an activating group) is 3. The van der Waals surface area contributed by atoms with Crippen LogP contribution in [0.5, 0.6) is 11.5 Å². The lowest BCUT2D eigenvalue weighted by atomic mass is 10.0. The van der Waals surface area contributed by atoms with E-state index in [9.17, 15) is 9.59 Å². The molecule has 1 atom stereocenters. The van der Waals surface area contributed by atoms with Gasteiger partial charge in [0.1, 0.15) is 23.7 Å². The predicted molar refractivity (Wildman–Crippen MR) is 157 cm³/mol. The van der Waals surface area contributed by atoms with Crippen molar-refractivity contribution in [3.8, 4) is 11.5 Å². The van der Waals surface area contributed by atoms with Crippen molar-refractivity contribution < 1.29 is 23.5 Å². The van der Waals surface area contributed by atoms with Gasteiger partial charge in [0, 0.05) is 55.6 Å². The number of benzene rings is 3. The van der Waals surface area contributed by atoms with Crippen molar-refractivity contribution in [1.82, 2.24) is 15.1 Å². The van der Waals surface area contributed by atoms with Gasteiger partial charge in [0.15, 0.2) is 5.76 Å². The van der Waals surface area contributed by atoms with Gasteiger partial charge in [0.25, 0.3) is 5.91 Å². The average Bonchev–Trinajstić information content (AvgIpc) is 3.51. The van der Waals surface area contributed by atoms with E-state index in [1.165, 1.54) is 4.90 Å². The molecule has 0 unspecified atom stereocenters. The molecule has 40 heavy (non-hydrogen) atoms. The van der Waals surface area contributed by atoms with Crippen molar-refractivity contribution in [1.29, 1.82) is 0 Å². The maximum absolute atomic E-state index is 13.8. The maximum Gasteiger partial charge on any atom is 0.415 e. The Morgan fingerprint density at radius 1 is 1.07 bits per heavy atom. The van der Waals surface area contributed by atoms with Gasteiger partial charge < -0.3 is 33.9 Å². The minimum atomic E-state index is -0.487. The standard InChI is InChI=1S/C30H33ClN4O5/c1-32-11-12-34(4)30(37)40-26-17-24-28(22-8-6-5-7-21(22)26)23(31)18-35(24)29(36)27-16-19-15-20(9-10-25(19)39-27)38-14-13-33(2)3/h5-10,15-17,23,32H,11-14,18H2,1-4H3/t23-/m1/s1. The molecule has 1 aromatic heterocycles. The number of ether oxygens (including phenoxy) is 2. The molecule has 0 saturated carbocycles. The fourth-order valence-electron chi connectivity index (χ4n) is 4.77. The molecule has 2 amide bonds. The summed E-state index contributed by atoms with van der Waals surface area (Å²) in [4.78, 5) is 31.7. The van der Waals surface area contributed by atoms with Gasteiger partial charge in [0.05, 0.1) is 11.1 Å². The number of hydrogen-bond acceptors (Lipinski definition) is 7. The van der Waals surface area contributed by atoms with E-state index in [1.54, 1.807) is 30.1 Å². The molecule has 3 aromatic carbocycles. The number of furan rings is 1. The van der Waals surface area contributed by atoms with Crippen LogP contribution in [0, 0.1) is 0 Å². The molecule has 1 N–H and O–H groups in total. The van der Waals surface area contributed by atoms with Crippen LogP contribution in [0.4, 0.5) is 10.5 Å². The van der Waals surface area contributed by atoms with Gasteiger partial charge in [0.2, 0.25) is 0 Å². The minimum Gasteiger partial charge on any atom is -0.492 e. The van der Waals surface area contributed by atoms with Gasteiger partial charge in [-0.25, -0.2) is 4.79 Å². The van der Waals surface area contributed by atoms with Crippen molar-refractivity contribution in [2.75, 3.05) is 65.9 Å². The molecule has 0 saturated heterocycles. The number of anilines is 1. The minimum absolute atomic E-state index is 0.190. The largest absolute Gasteiger partial charge is 0.492 e. The molecule has 1 aliphatic rings. The maximum atomic E-state index is 13.8. The second kappa shape index (κ2) is 11.8. The van der Waals surface area contributed by atoms with E-state index in [-0.39, 0.29) is 18.2 Å². The molecule has 0 spiro atoms. The molecule has 5 rings (SSSR count). The average molecular weight is 565 g/mol. The van der Waals surface area contributed by atoms with Crippen LogP contribution < -0.4 is 19.7 Å². The Morgan fingerprint density at radius 2 is 1.85 bits per heavy atom. The van der Waals surface area contributed by atoms with E-state index in [1.807, 2.05) is 62.4 Å². The van der Waals surface area contributed by atoms with Crippen LogP contribution in [-0.4, -0.2) is 82.8 Å². The third-order valence-electron chi connectivity index (χ3n) is 6.93. The van der Waals surface area contributed by atoms with Crippen LogP contribution in [0.3, 0.4) is 0 Å². The van der Waals surface area contributed by atoms with E-state index in [0.29, 0.717) is 42.5 Å². The number of amides is 2. The van der Waals surface area contributed by atoms with E-state index in [2.05, 4.69) is 5.32 Å². The number of hydrogen-bond donors (Lipinski definition) is 1. The van der Waals surface area contributed by atoms with Gasteiger partial charge in [-0.15, -0.1) is 11.6 Å². The second-order valence-electron chi connectivity index (χ2n) is 10.1. The Morgan fingerprint density at radius 3 is 2.60 bits per heavy atom. The summed E-state index contributed by atoms with van der Waals surface area (Å²) in [6.45, 7) is 2.72. The smallest absolute Gasteiger partial charge is 0.415 e. The Labute approximate surface area is 238 Å². The third kappa shape index (κ3) is 5.58. The SMILES string of the molecule is CNCCN(C)C(=O)Oc1cc2c(c3ccccc13)[C@H](Cl)CN2C(=O)c1cc2cc(OCCN(C)C)ccc2o1. The molecule has 10 heteroatoms. The summed E-state index contributed by atoms with van der Waals surface area (Å²) in [5.41, 5.74) is 2.00. The molecule has 1 aliphatic heterocycles. The summed E-state index contributed by atoms with van der Waals surface area (Å²) in [6, 6.07) is 16.5. The summed E-state index contributed by atoms with van der Waals surface area (Å²) in [5.74, 6) is 0.937. The van der Waals surface area contributed by atoms with Crippen LogP contribution in [0.1, 0.15) is 21.5 Å². The summed E-state index contributed by atoms with van der Waals surface area (Å²) in [5, 5.41) is 4.94. The van der Waals surface area contributed by atoms with Crippen molar-refractivity contribution >= 4 is 51.0 Å². The number of nitrogens with zero attached hydrogens (tertiary/aromatic N) is 3. The lowest BCUT2D eigenvalue weighted by Crippen LogP contribution is -2.34. The Hall–Kier alpha value is -3.79. The van der Waals surface area contributed by atoms with Crippen LogP contribution in [0.15, 0.2) is 59.0 Å². The fraction of sp³-hybridized carbons (Fsp3) is 0.333. The molecule has 0 fully saturated rings. The highest BCUT2D eigenvalue weighted by molar-refractivity contribution is 6.25. The Kier molecular flexibility index (Phi) is 8.16. The first-order valence-electron chi connectivity index (χ1n) is 13.2. The second-order valence-corrected chi connectivity index (χ2v) is 10.6. The van der Waals surface area contributed by atoms with Crippen molar-refractivity contribution in [3.05, 3.63) is 65.9 Å². The highest BCUT2D eigenvalue weighted by atomic mass is 35.5. The lowest BCUT2D eigenvalue weighted by molar-refractivity contribution is 0.0964. The van der Waals surface area contributed by atoms with E-state index >= 15 is 0 Å². The van der Waals surface area contributed by atoms with Crippen molar-refractivity contribution in [2.24, 2.45) is 0 Å². The predicted octanol–water partition coefficient (Wildman–Crippen LogP) is 5.12. The van der Waals surface area contributed by atoms with E-state index in [0.717, 1.165) is 28.3 Å². The van der Waals surface area contributed by atoms with Gasteiger partial charge in [-0.05, 0) is 50.8 Å². The van der Waals surface area contributed by atoms with Gasteiger partial charge in [-0.3, -0.25) is 4.79 Å². The lowest BCUT2D eigenvalue weighted by Gasteiger charge is -2.20. The topological polar surface area (TPSA) is 87.5 Å². The Bertz CT molecular complexity index is 1550. The number of carbonyl (C=O) groups is 2. The molecule has 0 bridgehead atoms. The van der Waals surface area contributed by atoms with Crippen LogP contribution >= 0.6 is 11.6 Å². The third-order valence-corrected chi connectivity index (χ3v) is 7.29. The van der Waals surface area contributed by atoms with Gasteiger partial charge in [-0.2, -0.15) is 0 Å². The zero-order chi connectivity index (χ0) is 28.4. The molecule has 0 radical (unpaired) electrons. The summed E-state index contributed by atoms with van der Waals surface area (Å²) in [7, 11) is 7.48. The normalized spacial score (nSPS) is 14.7. The molecule has 0 aliphatic carbocycles. The van der Waals surface area contributed by atoms with E-state index in [4.69, 9.17) is 25.5 Å². The molecule has 2 heterocycles. The molecule has 9 nitrogen and oxygen atoms in total. The summed E-state index contributed by atoms with van der Waals surface area (Å²) in [6.07, 6.45) is -0.487. The number of rotatable bonds is 9. The zero-order valence-corrected chi connectivity index (χ0v) is 23.8. The van der Waals surface area contributed by atoms with E-state index < -0.39 is 11.5 Å². The molecule has 4 aromatic rings. The van der Waals surface area contributed by atoms with Gasteiger partial charge >= 0.3 is 6.09 Å². The number of carbonyl (C=O) groups excluding carboxylic acids is 2. The highest BCUT2D eigenvalue weighted by Crippen LogP contribution is 2.47. The summed E-state index contributed by atoms with van der Waals surface area (Å²) < 4.78 is 17.6. The first-order chi connectivity index (χ1) is 19.3. The molecular formula is C30H33ClN4O5. The summed E-state index contributed by atoms with van der Waals surface area (Å²) >= 11 is 6.82. The molecule has 210 valence electrons. The van der Waals surface area contributed by atoms with Crippen LogP contribution in [0.2, 0.25) is 0 Å². The fourth-order valence-corrected chi connectivity index (χ4v) is 5.14. The van der Waals surface area contributed by atoms with Crippen molar-refractivity contribution in [3.63, 3.8) is 0 Å². The monoisotopic (exact) mass is 564 g/mol.